The summed E-state index contributed by atoms with van der Waals surface area (Å²) in [6.45, 7) is 2.76. The van der Waals surface area contributed by atoms with Crippen LogP contribution < -0.4 is 4.90 Å². The van der Waals surface area contributed by atoms with Crippen molar-refractivity contribution >= 4 is 33.3 Å². The van der Waals surface area contributed by atoms with E-state index in [1.54, 1.807) is 0 Å². The monoisotopic (exact) mass is 390 g/mol. The molecule has 140 valence electrons. The smallest absolute Gasteiger partial charge is 0.282 e. The van der Waals surface area contributed by atoms with Crippen LogP contribution in [0, 0.1) is 0 Å². The molecule has 0 radical (unpaired) electrons. The Morgan fingerprint density at radius 3 is 2.29 bits per heavy atom. The second-order valence-electron chi connectivity index (χ2n) is 6.61. The molecule has 1 fully saturated rings. The van der Waals surface area contributed by atoms with E-state index in [1.807, 2.05) is 70.4 Å². The Hall–Kier alpha value is -3.26. The summed E-state index contributed by atoms with van der Waals surface area (Å²) in [5.74, 6) is 1.64. The molecule has 1 amide bonds. The third-order valence-electron chi connectivity index (χ3n) is 4.87. The lowest BCUT2D eigenvalue weighted by Gasteiger charge is -2.34. The number of anilines is 1. The summed E-state index contributed by atoms with van der Waals surface area (Å²) in [7, 11) is 0. The van der Waals surface area contributed by atoms with Crippen LogP contribution in [0.5, 0.6) is 0 Å². The molecule has 1 aliphatic rings. The number of thiazole rings is 1. The van der Waals surface area contributed by atoms with Gasteiger partial charge in [0.2, 0.25) is 0 Å². The molecule has 5 rings (SSSR count). The van der Waals surface area contributed by atoms with Crippen molar-refractivity contribution in [2.75, 3.05) is 31.1 Å². The number of aromatic nitrogens is 4. The predicted octanol–water partition coefficient (Wildman–Crippen LogP) is 2.84. The molecule has 1 saturated heterocycles. The van der Waals surface area contributed by atoms with E-state index in [1.165, 1.54) is 11.3 Å². The van der Waals surface area contributed by atoms with Crippen molar-refractivity contribution in [2.24, 2.45) is 0 Å². The lowest BCUT2D eigenvalue weighted by atomic mass is 10.3. The van der Waals surface area contributed by atoms with Gasteiger partial charge in [-0.25, -0.2) is 4.98 Å². The molecular formula is C20H18N6OS. The summed E-state index contributed by atoms with van der Waals surface area (Å²) in [6, 6.07) is 15.7. The first-order valence-electron chi connectivity index (χ1n) is 9.15. The van der Waals surface area contributed by atoms with Crippen molar-refractivity contribution in [3.8, 4) is 5.82 Å². The minimum absolute atomic E-state index is 0.00916. The maximum atomic E-state index is 12.8. The summed E-state index contributed by atoms with van der Waals surface area (Å²) in [5.41, 5.74) is 0.882. The molecular weight excluding hydrogens is 372 g/mol. The lowest BCUT2D eigenvalue weighted by molar-refractivity contribution is 0.0746. The number of amides is 1. The van der Waals surface area contributed by atoms with Crippen LogP contribution in [0.4, 0.5) is 5.82 Å². The molecule has 0 spiro atoms. The third kappa shape index (κ3) is 3.11. The molecule has 3 aromatic heterocycles. The molecule has 1 aromatic carbocycles. The number of para-hydroxylation sites is 1. The maximum absolute atomic E-state index is 12.8. The Bertz CT molecular complexity index is 1060. The number of fused-ring (bicyclic) bond motifs is 1. The van der Waals surface area contributed by atoms with E-state index in [-0.39, 0.29) is 5.91 Å². The van der Waals surface area contributed by atoms with Crippen LogP contribution in [0.1, 0.15) is 9.80 Å². The fraction of sp³-hybridized carbons (Fsp3) is 0.200. The Kier molecular flexibility index (Phi) is 4.25. The largest absolute Gasteiger partial charge is 0.352 e. The van der Waals surface area contributed by atoms with E-state index in [0.717, 1.165) is 34.9 Å². The molecule has 7 nitrogen and oxygen atoms in total. The molecule has 0 bridgehead atoms. The summed E-state index contributed by atoms with van der Waals surface area (Å²) in [5, 5.41) is 9.22. The van der Waals surface area contributed by atoms with Crippen molar-refractivity contribution in [1.82, 2.24) is 24.6 Å². The van der Waals surface area contributed by atoms with Gasteiger partial charge in [-0.2, -0.15) is 0 Å². The zero-order chi connectivity index (χ0) is 18.9. The first-order valence-corrected chi connectivity index (χ1v) is 9.96. The number of benzene rings is 1. The number of carbonyl (C=O) groups excluding carboxylic acids is 1. The molecule has 1 aliphatic heterocycles. The number of carbonyl (C=O) groups is 1. The van der Waals surface area contributed by atoms with Crippen molar-refractivity contribution in [3.05, 3.63) is 65.9 Å². The Labute approximate surface area is 165 Å². The molecule has 0 unspecified atom stereocenters. The van der Waals surface area contributed by atoms with Gasteiger partial charge in [-0.15, -0.1) is 21.5 Å². The number of piperazine rings is 1. The van der Waals surface area contributed by atoms with Crippen molar-refractivity contribution < 1.29 is 4.79 Å². The quantitative estimate of drug-likeness (QED) is 0.538. The lowest BCUT2D eigenvalue weighted by Crippen LogP contribution is -2.49. The number of nitrogens with zero attached hydrogens (tertiary/aromatic N) is 6. The van der Waals surface area contributed by atoms with E-state index in [0.29, 0.717) is 18.1 Å². The van der Waals surface area contributed by atoms with Gasteiger partial charge in [-0.3, -0.25) is 4.79 Å². The Balaban J connectivity index is 1.25. The molecule has 0 saturated carbocycles. The Morgan fingerprint density at radius 2 is 1.57 bits per heavy atom. The summed E-state index contributed by atoms with van der Waals surface area (Å²) in [4.78, 5) is 21.3. The van der Waals surface area contributed by atoms with Gasteiger partial charge < -0.3 is 14.4 Å². The van der Waals surface area contributed by atoms with Crippen molar-refractivity contribution in [2.45, 2.75) is 0 Å². The number of hydrogen-bond donors (Lipinski definition) is 0. The SMILES string of the molecule is O=C(c1nc2ccccc2s1)N1CCN(c2ccc(-n3cccc3)nn2)CC1. The van der Waals surface area contributed by atoms with Gasteiger partial charge in [0.1, 0.15) is 0 Å². The minimum Gasteiger partial charge on any atom is -0.352 e. The van der Waals surface area contributed by atoms with Crippen LogP contribution in [0.2, 0.25) is 0 Å². The van der Waals surface area contributed by atoms with Gasteiger partial charge in [-0.05, 0) is 36.4 Å². The average molecular weight is 390 g/mol. The zero-order valence-corrected chi connectivity index (χ0v) is 15.9. The maximum Gasteiger partial charge on any atom is 0.282 e. The Morgan fingerprint density at radius 1 is 0.857 bits per heavy atom. The fourth-order valence-electron chi connectivity index (χ4n) is 3.35. The first-order chi connectivity index (χ1) is 13.8. The summed E-state index contributed by atoms with van der Waals surface area (Å²) in [6.07, 6.45) is 3.88. The second kappa shape index (κ2) is 7.05. The van der Waals surface area contributed by atoms with Crippen LogP contribution in [0.3, 0.4) is 0 Å². The van der Waals surface area contributed by atoms with E-state index >= 15 is 0 Å². The van der Waals surface area contributed by atoms with Crippen molar-refractivity contribution in [3.63, 3.8) is 0 Å². The zero-order valence-electron chi connectivity index (χ0n) is 15.1. The van der Waals surface area contributed by atoms with Gasteiger partial charge in [0.05, 0.1) is 10.2 Å². The number of hydrogen-bond acceptors (Lipinski definition) is 6. The van der Waals surface area contributed by atoms with E-state index < -0.39 is 0 Å². The van der Waals surface area contributed by atoms with Crippen LogP contribution in [-0.4, -0.2) is 56.7 Å². The topological polar surface area (TPSA) is 67.2 Å². The standard InChI is InChI=1S/C20H18N6OS/c27-20(19-21-15-5-1-2-6-16(15)28-19)26-13-11-25(12-14-26)18-8-7-17(22-23-18)24-9-3-4-10-24/h1-10H,11-14H2. The highest BCUT2D eigenvalue weighted by molar-refractivity contribution is 7.20. The highest BCUT2D eigenvalue weighted by atomic mass is 32.1. The average Bonchev–Trinajstić information content (AvgIpc) is 3.43. The van der Waals surface area contributed by atoms with Gasteiger partial charge in [0, 0.05) is 38.6 Å². The third-order valence-corrected chi connectivity index (χ3v) is 5.90. The molecule has 0 aliphatic carbocycles. The molecule has 0 N–H and O–H groups in total. The molecule has 8 heteroatoms. The van der Waals surface area contributed by atoms with Gasteiger partial charge >= 0.3 is 0 Å². The van der Waals surface area contributed by atoms with E-state index in [4.69, 9.17) is 0 Å². The van der Waals surface area contributed by atoms with Gasteiger partial charge in [0.25, 0.3) is 5.91 Å². The van der Waals surface area contributed by atoms with Crippen LogP contribution in [-0.2, 0) is 0 Å². The van der Waals surface area contributed by atoms with Crippen molar-refractivity contribution in [1.29, 1.82) is 0 Å². The van der Waals surface area contributed by atoms with E-state index in [9.17, 15) is 4.79 Å². The fourth-order valence-corrected chi connectivity index (χ4v) is 4.28. The molecule has 4 aromatic rings. The van der Waals surface area contributed by atoms with E-state index in [2.05, 4.69) is 20.1 Å². The highest BCUT2D eigenvalue weighted by Crippen LogP contribution is 2.23. The molecule has 28 heavy (non-hydrogen) atoms. The predicted molar refractivity (Wildman–Crippen MR) is 109 cm³/mol. The second-order valence-corrected chi connectivity index (χ2v) is 7.64. The van der Waals surface area contributed by atoms with Crippen LogP contribution >= 0.6 is 11.3 Å². The number of rotatable bonds is 3. The van der Waals surface area contributed by atoms with Gasteiger partial charge in [0.15, 0.2) is 16.6 Å². The van der Waals surface area contributed by atoms with Crippen LogP contribution in [0.25, 0.3) is 16.0 Å². The minimum atomic E-state index is 0.00916. The first kappa shape index (κ1) is 16.9. The van der Waals surface area contributed by atoms with Crippen LogP contribution in [0.15, 0.2) is 60.9 Å². The highest BCUT2D eigenvalue weighted by Gasteiger charge is 2.25. The molecule has 0 atom stereocenters. The van der Waals surface area contributed by atoms with Gasteiger partial charge in [-0.1, -0.05) is 12.1 Å². The summed E-state index contributed by atoms with van der Waals surface area (Å²) >= 11 is 1.46. The summed E-state index contributed by atoms with van der Waals surface area (Å²) < 4.78 is 2.97. The molecule has 4 heterocycles. The normalized spacial score (nSPS) is 14.6.